The number of carbonyl (C=O) groups excluding carboxylic acids is 1. The predicted octanol–water partition coefficient (Wildman–Crippen LogP) is 2.57. The molecule has 0 aliphatic rings. The first kappa shape index (κ1) is 15.9. The van der Waals surface area contributed by atoms with Gasteiger partial charge in [0.05, 0.1) is 0 Å². The lowest BCUT2D eigenvalue weighted by molar-refractivity contribution is -0.146. The molecule has 0 heterocycles. The highest BCUT2D eigenvalue weighted by molar-refractivity contribution is 5.86. The fourth-order valence-electron chi connectivity index (χ4n) is 1.61. The van der Waals surface area contributed by atoms with Gasteiger partial charge in [0, 0.05) is 6.42 Å². The highest BCUT2D eigenvalue weighted by Gasteiger charge is 2.29. The third kappa shape index (κ3) is 6.97. The summed E-state index contributed by atoms with van der Waals surface area (Å²) in [6.45, 7) is 7.17. The van der Waals surface area contributed by atoms with Crippen molar-refractivity contribution in [1.82, 2.24) is 5.32 Å². The monoisotopic (exact) mass is 243 g/mol. The number of unbranched alkanes of at least 4 members (excludes halogenated alkanes) is 2. The Morgan fingerprint density at radius 3 is 2.35 bits per heavy atom. The van der Waals surface area contributed by atoms with Gasteiger partial charge in [0.15, 0.2) is 0 Å². The summed E-state index contributed by atoms with van der Waals surface area (Å²) in [5, 5.41) is 11.4. The second-order valence-electron chi connectivity index (χ2n) is 5.28. The summed E-state index contributed by atoms with van der Waals surface area (Å²) in [5.74, 6) is -0.878. The van der Waals surface area contributed by atoms with Crippen molar-refractivity contribution in [3.8, 4) is 0 Å². The zero-order chi connectivity index (χ0) is 13.5. The molecule has 4 nitrogen and oxygen atoms in total. The topological polar surface area (TPSA) is 66.4 Å². The molecular weight excluding hydrogens is 218 g/mol. The summed E-state index contributed by atoms with van der Waals surface area (Å²) >= 11 is 0. The SMILES string of the molecule is CCCCCC(C)CC(=O)NC(C)(C)C(=O)O. The third-order valence-electron chi connectivity index (χ3n) is 2.82. The molecule has 0 radical (unpaired) electrons. The van der Waals surface area contributed by atoms with Gasteiger partial charge < -0.3 is 10.4 Å². The maximum Gasteiger partial charge on any atom is 0.328 e. The lowest BCUT2D eigenvalue weighted by Crippen LogP contribution is -2.49. The summed E-state index contributed by atoms with van der Waals surface area (Å²) in [5.41, 5.74) is -1.18. The molecular formula is C13H25NO3. The van der Waals surface area contributed by atoms with Gasteiger partial charge in [-0.3, -0.25) is 4.79 Å². The van der Waals surface area contributed by atoms with E-state index < -0.39 is 11.5 Å². The van der Waals surface area contributed by atoms with Gasteiger partial charge in [0.25, 0.3) is 0 Å². The maximum atomic E-state index is 11.6. The van der Waals surface area contributed by atoms with Crippen molar-refractivity contribution in [1.29, 1.82) is 0 Å². The number of carboxylic acid groups (broad SMARTS) is 1. The number of hydrogen-bond acceptors (Lipinski definition) is 2. The van der Waals surface area contributed by atoms with Crippen LogP contribution in [0.2, 0.25) is 0 Å². The van der Waals surface area contributed by atoms with Crippen molar-refractivity contribution in [2.24, 2.45) is 5.92 Å². The van der Waals surface area contributed by atoms with Gasteiger partial charge in [-0.2, -0.15) is 0 Å². The number of rotatable bonds is 8. The first-order valence-corrected chi connectivity index (χ1v) is 6.34. The third-order valence-corrected chi connectivity index (χ3v) is 2.82. The van der Waals surface area contributed by atoms with Gasteiger partial charge in [-0.05, 0) is 19.8 Å². The lowest BCUT2D eigenvalue weighted by atomic mass is 9.98. The van der Waals surface area contributed by atoms with Crippen LogP contribution < -0.4 is 5.32 Å². The number of nitrogens with one attached hydrogen (secondary N) is 1. The van der Waals surface area contributed by atoms with Crippen LogP contribution in [0, 0.1) is 5.92 Å². The molecule has 2 N–H and O–H groups in total. The molecule has 0 aromatic carbocycles. The highest BCUT2D eigenvalue weighted by Crippen LogP contribution is 2.13. The van der Waals surface area contributed by atoms with E-state index in [1.807, 2.05) is 6.92 Å². The average molecular weight is 243 g/mol. The molecule has 0 spiro atoms. The summed E-state index contributed by atoms with van der Waals surface area (Å²) in [6.07, 6.45) is 4.92. The van der Waals surface area contributed by atoms with Crippen molar-refractivity contribution >= 4 is 11.9 Å². The molecule has 17 heavy (non-hydrogen) atoms. The zero-order valence-corrected chi connectivity index (χ0v) is 11.4. The maximum absolute atomic E-state index is 11.6. The quantitative estimate of drug-likeness (QED) is 0.644. The van der Waals surface area contributed by atoms with Crippen LogP contribution in [0.3, 0.4) is 0 Å². The molecule has 0 saturated carbocycles. The summed E-state index contributed by atoms with van der Waals surface area (Å²) in [7, 11) is 0. The largest absolute Gasteiger partial charge is 0.480 e. The molecule has 0 aromatic rings. The lowest BCUT2D eigenvalue weighted by Gasteiger charge is -2.22. The molecule has 0 fully saturated rings. The fraction of sp³-hybridized carbons (Fsp3) is 0.846. The first-order valence-electron chi connectivity index (χ1n) is 6.34. The van der Waals surface area contributed by atoms with E-state index in [-0.39, 0.29) is 5.91 Å². The summed E-state index contributed by atoms with van der Waals surface area (Å²) in [4.78, 5) is 22.5. The normalized spacial score (nSPS) is 13.2. The second kappa shape index (κ2) is 7.30. The molecule has 1 amide bonds. The van der Waals surface area contributed by atoms with E-state index in [0.29, 0.717) is 12.3 Å². The van der Waals surface area contributed by atoms with E-state index in [9.17, 15) is 9.59 Å². The minimum atomic E-state index is -1.18. The van der Waals surface area contributed by atoms with Gasteiger partial charge in [-0.15, -0.1) is 0 Å². The minimum absolute atomic E-state index is 0.179. The Kier molecular flexibility index (Phi) is 6.85. The molecule has 4 heteroatoms. The Bertz CT molecular complexity index is 261. The Morgan fingerprint density at radius 2 is 1.88 bits per heavy atom. The van der Waals surface area contributed by atoms with Gasteiger partial charge in [-0.25, -0.2) is 4.79 Å². The summed E-state index contributed by atoms with van der Waals surface area (Å²) in [6, 6.07) is 0. The number of hydrogen-bond donors (Lipinski definition) is 2. The van der Waals surface area contributed by atoms with Crippen LogP contribution in [0.5, 0.6) is 0 Å². The van der Waals surface area contributed by atoms with E-state index in [1.54, 1.807) is 0 Å². The van der Waals surface area contributed by atoms with Crippen molar-refractivity contribution < 1.29 is 14.7 Å². The van der Waals surface area contributed by atoms with Crippen LogP contribution in [0.25, 0.3) is 0 Å². The van der Waals surface area contributed by atoms with Gasteiger partial charge in [-0.1, -0.05) is 39.5 Å². The summed E-state index contributed by atoms with van der Waals surface area (Å²) < 4.78 is 0. The highest BCUT2D eigenvalue weighted by atomic mass is 16.4. The zero-order valence-electron chi connectivity index (χ0n) is 11.4. The number of aliphatic carboxylic acids is 1. The van der Waals surface area contributed by atoms with E-state index in [2.05, 4.69) is 12.2 Å². The number of carbonyl (C=O) groups is 2. The van der Waals surface area contributed by atoms with Crippen LogP contribution in [0.4, 0.5) is 0 Å². The Labute approximate surface area is 104 Å². The molecule has 0 saturated heterocycles. The second-order valence-corrected chi connectivity index (χ2v) is 5.28. The van der Waals surface area contributed by atoms with E-state index in [1.165, 1.54) is 26.7 Å². The minimum Gasteiger partial charge on any atom is -0.480 e. The molecule has 0 aliphatic heterocycles. The van der Waals surface area contributed by atoms with Crippen LogP contribution in [0.1, 0.15) is 59.8 Å². The Hall–Kier alpha value is -1.06. The Balaban J connectivity index is 3.97. The van der Waals surface area contributed by atoms with E-state index >= 15 is 0 Å². The Morgan fingerprint density at radius 1 is 1.29 bits per heavy atom. The molecule has 0 aliphatic carbocycles. The first-order chi connectivity index (χ1) is 7.79. The van der Waals surface area contributed by atoms with Crippen molar-refractivity contribution in [3.63, 3.8) is 0 Å². The van der Waals surface area contributed by atoms with Crippen molar-refractivity contribution in [3.05, 3.63) is 0 Å². The number of amides is 1. The van der Waals surface area contributed by atoms with Gasteiger partial charge in [0.1, 0.15) is 5.54 Å². The van der Waals surface area contributed by atoms with Gasteiger partial charge >= 0.3 is 5.97 Å². The standard InChI is InChI=1S/C13H25NO3/c1-5-6-7-8-10(2)9-11(15)14-13(3,4)12(16)17/h10H,5-9H2,1-4H3,(H,14,15)(H,16,17). The molecule has 1 unspecified atom stereocenters. The molecule has 0 aromatic heterocycles. The molecule has 1 atom stereocenters. The number of carboxylic acids is 1. The smallest absolute Gasteiger partial charge is 0.328 e. The van der Waals surface area contributed by atoms with Crippen LogP contribution in [0.15, 0.2) is 0 Å². The van der Waals surface area contributed by atoms with E-state index in [4.69, 9.17) is 5.11 Å². The van der Waals surface area contributed by atoms with E-state index in [0.717, 1.165) is 12.8 Å². The van der Waals surface area contributed by atoms with Crippen LogP contribution in [-0.4, -0.2) is 22.5 Å². The average Bonchev–Trinajstić information content (AvgIpc) is 2.16. The van der Waals surface area contributed by atoms with Gasteiger partial charge in [0.2, 0.25) is 5.91 Å². The van der Waals surface area contributed by atoms with Crippen LogP contribution >= 0.6 is 0 Å². The predicted molar refractivity (Wildman–Crippen MR) is 67.8 cm³/mol. The molecule has 0 bridgehead atoms. The van der Waals surface area contributed by atoms with Crippen molar-refractivity contribution in [2.75, 3.05) is 0 Å². The van der Waals surface area contributed by atoms with Crippen molar-refractivity contribution in [2.45, 2.75) is 65.3 Å². The molecule has 100 valence electrons. The van der Waals surface area contributed by atoms with Crippen LogP contribution in [-0.2, 0) is 9.59 Å². The molecule has 0 rings (SSSR count). The fourth-order valence-corrected chi connectivity index (χ4v) is 1.61.